The van der Waals surface area contributed by atoms with Crippen molar-refractivity contribution in [3.63, 3.8) is 0 Å². The van der Waals surface area contributed by atoms with E-state index in [1.807, 2.05) is 0 Å². The molecular weight excluding hydrogens is 246 g/mol. The van der Waals surface area contributed by atoms with Gasteiger partial charge in [0.05, 0.1) is 5.56 Å². The first-order valence-electron chi connectivity index (χ1n) is 6.39. The number of phenols is 2. The van der Waals surface area contributed by atoms with E-state index in [0.29, 0.717) is 32.1 Å². The molecule has 106 valence electrons. The predicted octanol–water partition coefficient (Wildman–Crippen LogP) is 1.89. The van der Waals surface area contributed by atoms with Crippen molar-refractivity contribution in [3.8, 4) is 11.5 Å². The van der Waals surface area contributed by atoms with Crippen molar-refractivity contribution in [2.75, 3.05) is 19.8 Å². The number of carbonyl (C=O) groups is 1. The second-order valence-corrected chi connectivity index (χ2v) is 4.75. The average Bonchev–Trinajstić information content (AvgIpc) is 2.36. The van der Waals surface area contributed by atoms with Crippen LogP contribution in [0.2, 0.25) is 0 Å². The molecule has 0 aliphatic rings. The van der Waals surface area contributed by atoms with Gasteiger partial charge in [0.2, 0.25) is 0 Å². The van der Waals surface area contributed by atoms with Crippen LogP contribution in [0.4, 0.5) is 0 Å². The van der Waals surface area contributed by atoms with Crippen molar-refractivity contribution in [2.45, 2.75) is 20.3 Å². The molecule has 0 atom stereocenters. The molecule has 1 aromatic rings. The molecule has 0 aliphatic carbocycles. The molecule has 0 spiro atoms. The number of aromatic hydroxyl groups is 2. The summed E-state index contributed by atoms with van der Waals surface area (Å²) in [6, 6.07) is 4.29. The van der Waals surface area contributed by atoms with E-state index in [1.54, 1.807) is 0 Å². The lowest BCUT2D eigenvalue weighted by Crippen LogP contribution is -2.25. The van der Waals surface area contributed by atoms with Gasteiger partial charge in [-0.1, -0.05) is 19.9 Å². The molecule has 1 aromatic carbocycles. The molecule has 19 heavy (non-hydrogen) atoms. The molecule has 0 saturated heterocycles. The summed E-state index contributed by atoms with van der Waals surface area (Å²) < 4.78 is 5.38. The third-order valence-electron chi connectivity index (χ3n) is 2.46. The molecular formula is C14H21NO4. The third kappa shape index (κ3) is 5.18. The summed E-state index contributed by atoms with van der Waals surface area (Å²) in [5, 5.41) is 21.5. The highest BCUT2D eigenvalue weighted by molar-refractivity contribution is 5.97. The molecule has 0 fully saturated rings. The lowest BCUT2D eigenvalue weighted by molar-refractivity contribution is 0.0922. The van der Waals surface area contributed by atoms with E-state index >= 15 is 0 Å². The van der Waals surface area contributed by atoms with E-state index in [-0.39, 0.29) is 11.3 Å². The van der Waals surface area contributed by atoms with Gasteiger partial charge in [0, 0.05) is 19.8 Å². The average molecular weight is 267 g/mol. The van der Waals surface area contributed by atoms with Crippen molar-refractivity contribution < 1.29 is 19.7 Å². The first-order chi connectivity index (χ1) is 9.02. The lowest BCUT2D eigenvalue weighted by Gasteiger charge is -2.09. The summed E-state index contributed by atoms with van der Waals surface area (Å²) in [6.07, 6.45) is 0.706. The van der Waals surface area contributed by atoms with Gasteiger partial charge in [0.25, 0.3) is 5.91 Å². The lowest BCUT2D eigenvalue weighted by atomic mass is 10.1. The zero-order valence-electron chi connectivity index (χ0n) is 11.3. The minimum atomic E-state index is -0.405. The molecule has 0 unspecified atom stereocenters. The molecule has 5 nitrogen and oxygen atoms in total. The summed E-state index contributed by atoms with van der Waals surface area (Å²) in [4.78, 5) is 11.7. The number of hydrogen-bond acceptors (Lipinski definition) is 4. The van der Waals surface area contributed by atoms with Crippen LogP contribution in [0.1, 0.15) is 30.6 Å². The second-order valence-electron chi connectivity index (χ2n) is 4.75. The van der Waals surface area contributed by atoms with Gasteiger partial charge in [0.15, 0.2) is 11.5 Å². The summed E-state index contributed by atoms with van der Waals surface area (Å²) in [6.45, 7) is 5.91. The van der Waals surface area contributed by atoms with Gasteiger partial charge < -0.3 is 20.3 Å². The first-order valence-corrected chi connectivity index (χ1v) is 6.39. The van der Waals surface area contributed by atoms with Crippen molar-refractivity contribution in [1.82, 2.24) is 5.32 Å². The van der Waals surface area contributed by atoms with Gasteiger partial charge >= 0.3 is 0 Å². The molecule has 0 heterocycles. The SMILES string of the molecule is CC(C)COCCCNC(=O)c1cccc(O)c1O. The molecule has 0 bridgehead atoms. The van der Waals surface area contributed by atoms with Crippen LogP contribution in [0.3, 0.4) is 0 Å². The highest BCUT2D eigenvalue weighted by Gasteiger charge is 2.12. The van der Waals surface area contributed by atoms with Crippen LogP contribution in [0.25, 0.3) is 0 Å². The van der Waals surface area contributed by atoms with Crippen LogP contribution in [-0.2, 0) is 4.74 Å². The Morgan fingerprint density at radius 3 is 2.79 bits per heavy atom. The van der Waals surface area contributed by atoms with Gasteiger partial charge in [-0.15, -0.1) is 0 Å². The minimum absolute atomic E-state index is 0.0723. The molecule has 0 aliphatic heterocycles. The fourth-order valence-electron chi connectivity index (χ4n) is 1.50. The molecule has 3 N–H and O–H groups in total. The molecule has 0 aromatic heterocycles. The van der Waals surface area contributed by atoms with E-state index in [4.69, 9.17) is 4.74 Å². The largest absolute Gasteiger partial charge is 0.504 e. The summed E-state index contributed by atoms with van der Waals surface area (Å²) in [5.74, 6) is -0.597. The van der Waals surface area contributed by atoms with Crippen molar-refractivity contribution in [3.05, 3.63) is 23.8 Å². The number of phenolic OH excluding ortho intramolecular Hbond substituents is 2. The maximum absolute atomic E-state index is 11.7. The Labute approximate surface area is 113 Å². The zero-order chi connectivity index (χ0) is 14.3. The van der Waals surface area contributed by atoms with Crippen molar-refractivity contribution >= 4 is 5.91 Å². The van der Waals surface area contributed by atoms with Gasteiger partial charge in [-0.05, 0) is 24.5 Å². The molecule has 5 heteroatoms. The highest BCUT2D eigenvalue weighted by Crippen LogP contribution is 2.27. The number of ether oxygens (including phenoxy) is 1. The van der Waals surface area contributed by atoms with E-state index < -0.39 is 11.7 Å². The fourth-order valence-corrected chi connectivity index (χ4v) is 1.50. The van der Waals surface area contributed by atoms with Gasteiger partial charge in [-0.25, -0.2) is 0 Å². The van der Waals surface area contributed by atoms with E-state index in [0.717, 1.165) is 0 Å². The Hall–Kier alpha value is -1.75. The Morgan fingerprint density at radius 1 is 1.37 bits per heavy atom. The van der Waals surface area contributed by atoms with Gasteiger partial charge in [-0.2, -0.15) is 0 Å². The van der Waals surface area contributed by atoms with Crippen LogP contribution in [0, 0.1) is 5.92 Å². The normalized spacial score (nSPS) is 10.7. The molecule has 0 saturated carbocycles. The first kappa shape index (κ1) is 15.3. The summed E-state index contributed by atoms with van der Waals surface area (Å²) >= 11 is 0. The number of benzene rings is 1. The smallest absolute Gasteiger partial charge is 0.255 e. The quantitative estimate of drug-likeness (QED) is 0.520. The van der Waals surface area contributed by atoms with Crippen LogP contribution >= 0.6 is 0 Å². The number of para-hydroxylation sites is 1. The van der Waals surface area contributed by atoms with Crippen LogP contribution in [-0.4, -0.2) is 35.9 Å². The highest BCUT2D eigenvalue weighted by atomic mass is 16.5. The minimum Gasteiger partial charge on any atom is -0.504 e. The number of rotatable bonds is 7. The molecule has 0 radical (unpaired) electrons. The topological polar surface area (TPSA) is 78.8 Å². The van der Waals surface area contributed by atoms with E-state index in [9.17, 15) is 15.0 Å². The number of hydrogen-bond donors (Lipinski definition) is 3. The molecule has 1 rings (SSSR count). The van der Waals surface area contributed by atoms with Crippen molar-refractivity contribution in [1.29, 1.82) is 0 Å². The van der Waals surface area contributed by atoms with E-state index in [2.05, 4.69) is 19.2 Å². The van der Waals surface area contributed by atoms with Gasteiger partial charge in [-0.3, -0.25) is 4.79 Å². The second kappa shape index (κ2) is 7.63. The van der Waals surface area contributed by atoms with E-state index in [1.165, 1.54) is 18.2 Å². The van der Waals surface area contributed by atoms with Crippen LogP contribution in [0.15, 0.2) is 18.2 Å². The summed E-state index contributed by atoms with van der Waals surface area (Å²) in [5.41, 5.74) is 0.0723. The third-order valence-corrected chi connectivity index (χ3v) is 2.46. The Bertz CT molecular complexity index is 418. The maximum atomic E-state index is 11.7. The monoisotopic (exact) mass is 267 g/mol. The molecule has 1 amide bonds. The number of nitrogens with one attached hydrogen (secondary N) is 1. The standard InChI is InChI=1S/C14H21NO4/c1-10(2)9-19-8-4-7-15-14(18)11-5-3-6-12(16)13(11)17/h3,5-6,10,16-17H,4,7-9H2,1-2H3,(H,15,18). The number of amides is 1. The Kier molecular flexibility index (Phi) is 6.15. The van der Waals surface area contributed by atoms with Gasteiger partial charge in [0.1, 0.15) is 0 Å². The van der Waals surface area contributed by atoms with Crippen LogP contribution in [0.5, 0.6) is 11.5 Å². The zero-order valence-corrected chi connectivity index (χ0v) is 11.3. The Balaban J connectivity index is 2.30. The maximum Gasteiger partial charge on any atom is 0.255 e. The number of carbonyl (C=O) groups excluding carboxylic acids is 1. The van der Waals surface area contributed by atoms with Crippen LogP contribution < -0.4 is 5.32 Å². The van der Waals surface area contributed by atoms with Crippen molar-refractivity contribution in [2.24, 2.45) is 5.92 Å². The summed E-state index contributed by atoms with van der Waals surface area (Å²) in [7, 11) is 0. The fraction of sp³-hybridized carbons (Fsp3) is 0.500. The Morgan fingerprint density at radius 2 is 2.11 bits per heavy atom. The predicted molar refractivity (Wildman–Crippen MR) is 72.4 cm³/mol.